The largest absolute Gasteiger partial charge is 0.409 e. The molecule has 1 fully saturated rings. The Bertz CT molecular complexity index is 460. The van der Waals surface area contributed by atoms with Crippen LogP contribution in [0, 0.1) is 5.92 Å². The van der Waals surface area contributed by atoms with Gasteiger partial charge in [-0.25, -0.2) is 0 Å². The topological polar surface area (TPSA) is 96.7 Å². The Labute approximate surface area is 105 Å². The zero-order valence-corrected chi connectivity index (χ0v) is 10.3. The van der Waals surface area contributed by atoms with Crippen molar-refractivity contribution in [3.8, 4) is 0 Å². The lowest BCUT2D eigenvalue weighted by Gasteiger charge is -2.30. The van der Waals surface area contributed by atoms with Crippen LogP contribution in [0.15, 0.2) is 17.4 Å². The van der Waals surface area contributed by atoms with Crippen molar-refractivity contribution in [1.82, 2.24) is 14.7 Å². The molecule has 98 valence electrons. The number of amidine groups is 1. The van der Waals surface area contributed by atoms with Gasteiger partial charge in [0.2, 0.25) is 0 Å². The van der Waals surface area contributed by atoms with E-state index < -0.39 is 0 Å². The van der Waals surface area contributed by atoms with Gasteiger partial charge in [-0.15, -0.1) is 0 Å². The quantitative estimate of drug-likeness (QED) is 0.335. The molecule has 7 heteroatoms. The van der Waals surface area contributed by atoms with E-state index in [1.165, 1.54) is 0 Å². The van der Waals surface area contributed by atoms with Crippen molar-refractivity contribution < 1.29 is 10.0 Å². The van der Waals surface area contributed by atoms with Gasteiger partial charge in [-0.05, 0) is 18.9 Å². The molecule has 1 aliphatic rings. The predicted molar refractivity (Wildman–Crippen MR) is 65.2 cm³/mol. The highest BCUT2D eigenvalue weighted by Gasteiger charge is 2.26. The van der Waals surface area contributed by atoms with Crippen LogP contribution in [0.3, 0.4) is 0 Å². The fourth-order valence-electron chi connectivity index (χ4n) is 2.15. The predicted octanol–water partition coefficient (Wildman–Crippen LogP) is 0.0187. The van der Waals surface area contributed by atoms with E-state index in [1.807, 2.05) is 0 Å². The lowest BCUT2D eigenvalue weighted by molar-refractivity contribution is 0.0702. The fraction of sp³-hybridized carbons (Fsp3) is 0.545. The van der Waals surface area contributed by atoms with Gasteiger partial charge in [0.15, 0.2) is 0 Å². The minimum Gasteiger partial charge on any atom is -0.409 e. The van der Waals surface area contributed by atoms with E-state index in [1.54, 1.807) is 28.9 Å². The molecule has 0 unspecified atom stereocenters. The first-order valence-corrected chi connectivity index (χ1v) is 5.88. The van der Waals surface area contributed by atoms with Crippen LogP contribution >= 0.6 is 0 Å². The summed E-state index contributed by atoms with van der Waals surface area (Å²) in [5, 5.41) is 15.7. The molecule has 0 bridgehead atoms. The standard InChI is InChI=1S/C11H17N5O2/c1-15-5-4-9(13-15)11(17)16-6-2-8(3-7-16)10(12)14-18/h4-5,8,18H,2-3,6-7H2,1H3,(H2,12,14). The Morgan fingerprint density at radius 2 is 2.22 bits per heavy atom. The van der Waals surface area contributed by atoms with Gasteiger partial charge in [0, 0.05) is 32.3 Å². The minimum atomic E-state index is -0.0615. The van der Waals surface area contributed by atoms with Crippen molar-refractivity contribution in [2.24, 2.45) is 23.9 Å². The first-order valence-electron chi connectivity index (χ1n) is 5.88. The summed E-state index contributed by atoms with van der Waals surface area (Å²) < 4.78 is 1.61. The number of aryl methyl sites for hydroxylation is 1. The number of likely N-dealkylation sites (tertiary alicyclic amines) is 1. The average molecular weight is 251 g/mol. The lowest BCUT2D eigenvalue weighted by atomic mass is 9.95. The van der Waals surface area contributed by atoms with Gasteiger partial charge in [-0.3, -0.25) is 9.48 Å². The highest BCUT2D eigenvalue weighted by Crippen LogP contribution is 2.18. The van der Waals surface area contributed by atoms with Crippen LogP contribution < -0.4 is 5.73 Å². The van der Waals surface area contributed by atoms with Crippen LogP contribution in [-0.4, -0.2) is 44.7 Å². The molecule has 0 spiro atoms. The molecular weight excluding hydrogens is 234 g/mol. The highest BCUT2D eigenvalue weighted by atomic mass is 16.4. The van der Waals surface area contributed by atoms with Gasteiger partial charge < -0.3 is 15.8 Å². The van der Waals surface area contributed by atoms with Crippen LogP contribution in [0.5, 0.6) is 0 Å². The van der Waals surface area contributed by atoms with Crippen molar-refractivity contribution in [3.05, 3.63) is 18.0 Å². The van der Waals surface area contributed by atoms with Crippen molar-refractivity contribution in [2.45, 2.75) is 12.8 Å². The minimum absolute atomic E-state index is 0.0581. The third-order valence-corrected chi connectivity index (χ3v) is 3.25. The number of amides is 1. The Balaban J connectivity index is 1.96. The number of aromatic nitrogens is 2. The van der Waals surface area contributed by atoms with Crippen molar-refractivity contribution in [1.29, 1.82) is 0 Å². The summed E-state index contributed by atoms with van der Waals surface area (Å²) in [6.45, 7) is 1.21. The van der Waals surface area contributed by atoms with E-state index >= 15 is 0 Å². The first-order chi connectivity index (χ1) is 8.61. The van der Waals surface area contributed by atoms with Crippen molar-refractivity contribution in [2.75, 3.05) is 13.1 Å². The average Bonchev–Trinajstić information content (AvgIpc) is 2.84. The SMILES string of the molecule is Cn1ccc(C(=O)N2CCC(/C(N)=N/O)CC2)n1. The molecule has 2 heterocycles. The number of carbonyl (C=O) groups excluding carboxylic acids is 1. The summed E-state index contributed by atoms with van der Waals surface area (Å²) >= 11 is 0. The van der Waals surface area contributed by atoms with E-state index in [0.717, 1.165) is 0 Å². The maximum atomic E-state index is 12.1. The molecule has 0 radical (unpaired) electrons. The summed E-state index contributed by atoms with van der Waals surface area (Å²) in [7, 11) is 1.78. The van der Waals surface area contributed by atoms with E-state index in [-0.39, 0.29) is 17.7 Å². The molecule has 0 aliphatic carbocycles. The Morgan fingerprint density at radius 3 is 2.72 bits per heavy atom. The third-order valence-electron chi connectivity index (χ3n) is 3.25. The molecule has 2 rings (SSSR count). The summed E-state index contributed by atoms with van der Waals surface area (Å²) in [4.78, 5) is 13.9. The van der Waals surface area contributed by atoms with Crippen LogP contribution in [0.25, 0.3) is 0 Å². The maximum absolute atomic E-state index is 12.1. The summed E-state index contributed by atoms with van der Waals surface area (Å²) in [6.07, 6.45) is 3.18. The van der Waals surface area contributed by atoms with Gasteiger partial charge in [-0.2, -0.15) is 5.10 Å². The maximum Gasteiger partial charge on any atom is 0.274 e. The second-order valence-electron chi connectivity index (χ2n) is 4.47. The zero-order valence-electron chi connectivity index (χ0n) is 10.3. The fourth-order valence-corrected chi connectivity index (χ4v) is 2.15. The molecule has 0 atom stereocenters. The number of nitrogens with two attached hydrogens (primary N) is 1. The number of rotatable bonds is 2. The second-order valence-corrected chi connectivity index (χ2v) is 4.47. The smallest absolute Gasteiger partial charge is 0.274 e. The Hall–Kier alpha value is -2.05. The number of hydrogen-bond acceptors (Lipinski definition) is 4. The van der Waals surface area contributed by atoms with Crippen molar-refractivity contribution >= 4 is 11.7 Å². The normalized spacial score (nSPS) is 18.1. The highest BCUT2D eigenvalue weighted by molar-refractivity contribution is 5.92. The summed E-state index contributed by atoms with van der Waals surface area (Å²) in [5.41, 5.74) is 6.02. The van der Waals surface area contributed by atoms with Crippen LogP contribution in [0.2, 0.25) is 0 Å². The van der Waals surface area contributed by atoms with Gasteiger partial charge in [0.1, 0.15) is 11.5 Å². The number of nitrogens with zero attached hydrogens (tertiary/aromatic N) is 4. The number of oxime groups is 1. The monoisotopic (exact) mass is 251 g/mol. The van der Waals surface area contributed by atoms with Crippen LogP contribution in [0.4, 0.5) is 0 Å². The van der Waals surface area contributed by atoms with E-state index in [2.05, 4.69) is 10.3 Å². The molecule has 1 aliphatic heterocycles. The molecule has 1 aromatic heterocycles. The molecule has 3 N–H and O–H groups in total. The molecule has 7 nitrogen and oxygen atoms in total. The van der Waals surface area contributed by atoms with Gasteiger partial charge in [0.25, 0.3) is 5.91 Å². The second kappa shape index (κ2) is 5.07. The molecule has 1 amide bonds. The number of hydrogen-bond donors (Lipinski definition) is 2. The molecule has 0 saturated carbocycles. The van der Waals surface area contributed by atoms with Crippen LogP contribution in [-0.2, 0) is 7.05 Å². The molecule has 18 heavy (non-hydrogen) atoms. The summed E-state index contributed by atoms with van der Waals surface area (Å²) in [5.74, 6) is 0.247. The van der Waals surface area contributed by atoms with E-state index in [0.29, 0.717) is 31.6 Å². The van der Waals surface area contributed by atoms with E-state index in [9.17, 15) is 4.79 Å². The van der Waals surface area contributed by atoms with Gasteiger partial charge >= 0.3 is 0 Å². The molecule has 0 aromatic carbocycles. The lowest BCUT2D eigenvalue weighted by Crippen LogP contribution is -2.42. The first kappa shape index (κ1) is 12.4. The summed E-state index contributed by atoms with van der Waals surface area (Å²) in [6, 6.07) is 1.71. The third kappa shape index (κ3) is 2.44. The zero-order chi connectivity index (χ0) is 13.1. The molecular formula is C11H17N5O2. The van der Waals surface area contributed by atoms with E-state index in [4.69, 9.17) is 10.9 Å². The number of piperidine rings is 1. The Morgan fingerprint density at radius 1 is 1.56 bits per heavy atom. The van der Waals surface area contributed by atoms with Crippen LogP contribution in [0.1, 0.15) is 23.3 Å². The Kier molecular flexibility index (Phi) is 3.50. The van der Waals surface area contributed by atoms with Crippen molar-refractivity contribution in [3.63, 3.8) is 0 Å². The molecule has 1 saturated heterocycles. The van der Waals surface area contributed by atoms with Gasteiger partial charge in [-0.1, -0.05) is 5.16 Å². The molecule has 1 aromatic rings. The van der Waals surface area contributed by atoms with Gasteiger partial charge in [0.05, 0.1) is 0 Å². The number of carbonyl (C=O) groups is 1.